The normalized spacial score (nSPS) is 10.9. The van der Waals surface area contributed by atoms with Crippen molar-refractivity contribution in [3.8, 4) is 10.7 Å². The molecule has 15 heavy (non-hydrogen) atoms. The van der Waals surface area contributed by atoms with Gasteiger partial charge in [0.25, 0.3) is 0 Å². The summed E-state index contributed by atoms with van der Waals surface area (Å²) in [5, 5.41) is 5.84. The molecule has 0 aromatic carbocycles. The number of thiazole rings is 1. The summed E-state index contributed by atoms with van der Waals surface area (Å²) in [6, 6.07) is 3.97. The molecule has 0 unspecified atom stereocenters. The van der Waals surface area contributed by atoms with Crippen LogP contribution < -0.4 is 5.73 Å². The molecule has 0 aliphatic rings. The lowest BCUT2D eigenvalue weighted by Gasteiger charge is -1.95. The van der Waals surface area contributed by atoms with Crippen LogP contribution in [-0.2, 0) is 0 Å². The van der Waals surface area contributed by atoms with Gasteiger partial charge in [-0.2, -0.15) is 0 Å². The average molecular weight is 233 g/mol. The Morgan fingerprint density at radius 1 is 1.20 bits per heavy atom. The number of rotatable bonds is 1. The lowest BCUT2D eigenvalue weighted by Crippen LogP contribution is -1.84. The van der Waals surface area contributed by atoms with E-state index in [0.29, 0.717) is 0 Å². The van der Waals surface area contributed by atoms with Gasteiger partial charge in [0.1, 0.15) is 15.5 Å². The first kappa shape index (κ1) is 8.82. The number of pyridine rings is 1. The lowest BCUT2D eigenvalue weighted by atomic mass is 10.3. The van der Waals surface area contributed by atoms with Crippen molar-refractivity contribution in [3.63, 3.8) is 0 Å². The first-order chi connectivity index (χ1) is 7.34. The van der Waals surface area contributed by atoms with Crippen LogP contribution in [0.1, 0.15) is 0 Å². The van der Waals surface area contributed by atoms with E-state index in [1.54, 1.807) is 28.9 Å². The van der Waals surface area contributed by atoms with Crippen LogP contribution in [0.3, 0.4) is 0 Å². The summed E-state index contributed by atoms with van der Waals surface area (Å²) < 4.78 is 0. The first-order valence-corrected chi connectivity index (χ1v) is 6.14. The van der Waals surface area contributed by atoms with Crippen LogP contribution in [0.4, 0.5) is 5.69 Å². The Hall–Kier alpha value is -1.46. The number of nitrogen functional groups attached to an aromatic ring is 1. The van der Waals surface area contributed by atoms with Crippen molar-refractivity contribution in [2.24, 2.45) is 0 Å². The highest BCUT2D eigenvalue weighted by molar-refractivity contribution is 7.17. The van der Waals surface area contributed by atoms with E-state index in [1.165, 1.54) is 0 Å². The maximum atomic E-state index is 5.80. The molecule has 3 aromatic rings. The zero-order chi connectivity index (χ0) is 10.3. The summed E-state index contributed by atoms with van der Waals surface area (Å²) in [6.45, 7) is 0. The number of nitrogens with two attached hydrogens (primary N) is 1. The van der Waals surface area contributed by atoms with Gasteiger partial charge in [0.2, 0.25) is 0 Å². The third kappa shape index (κ3) is 1.40. The molecule has 3 nitrogen and oxygen atoms in total. The maximum Gasteiger partial charge on any atom is 0.141 e. The van der Waals surface area contributed by atoms with E-state index in [0.717, 1.165) is 26.6 Å². The van der Waals surface area contributed by atoms with Crippen LogP contribution in [0.25, 0.3) is 20.9 Å². The molecule has 5 heteroatoms. The van der Waals surface area contributed by atoms with Crippen LogP contribution in [0.2, 0.25) is 0 Å². The molecule has 0 radical (unpaired) electrons. The Kier molecular flexibility index (Phi) is 1.93. The van der Waals surface area contributed by atoms with Crippen molar-refractivity contribution < 1.29 is 0 Å². The van der Waals surface area contributed by atoms with E-state index in [2.05, 4.69) is 9.97 Å². The van der Waals surface area contributed by atoms with E-state index < -0.39 is 0 Å². The van der Waals surface area contributed by atoms with Crippen molar-refractivity contribution in [2.75, 3.05) is 5.73 Å². The van der Waals surface area contributed by atoms with Gasteiger partial charge in [-0.3, -0.25) is 0 Å². The predicted molar refractivity (Wildman–Crippen MR) is 65.1 cm³/mol. The zero-order valence-electron chi connectivity index (χ0n) is 7.68. The van der Waals surface area contributed by atoms with Crippen LogP contribution >= 0.6 is 22.7 Å². The first-order valence-electron chi connectivity index (χ1n) is 4.38. The fraction of sp³-hybridized carbons (Fsp3) is 0. The highest BCUT2D eigenvalue weighted by Crippen LogP contribution is 2.29. The van der Waals surface area contributed by atoms with Crippen LogP contribution in [0.15, 0.2) is 29.1 Å². The van der Waals surface area contributed by atoms with E-state index in [9.17, 15) is 0 Å². The van der Waals surface area contributed by atoms with Crippen LogP contribution in [-0.4, -0.2) is 9.97 Å². The van der Waals surface area contributed by atoms with Gasteiger partial charge in [-0.05, 0) is 12.1 Å². The van der Waals surface area contributed by atoms with Crippen molar-refractivity contribution >= 4 is 38.6 Å². The molecule has 0 saturated carbocycles. The summed E-state index contributed by atoms with van der Waals surface area (Å²) in [5.74, 6) is 0. The molecule has 0 atom stereocenters. The van der Waals surface area contributed by atoms with Gasteiger partial charge >= 0.3 is 0 Å². The minimum absolute atomic E-state index is 0.799. The smallest absolute Gasteiger partial charge is 0.141 e. The molecule has 0 spiro atoms. The molecule has 0 fully saturated rings. The number of hydrogen-bond donors (Lipinski definition) is 1. The topological polar surface area (TPSA) is 51.8 Å². The van der Waals surface area contributed by atoms with Gasteiger partial charge in [-0.25, -0.2) is 9.97 Å². The summed E-state index contributed by atoms with van der Waals surface area (Å²) in [5.41, 5.74) is 7.52. The predicted octanol–water partition coefficient (Wildman–Crippen LogP) is 3.00. The van der Waals surface area contributed by atoms with Crippen molar-refractivity contribution in [1.29, 1.82) is 0 Å². The molecule has 0 aliphatic carbocycles. The Labute approximate surface area is 94.2 Å². The standard InChI is InChI=1S/C10H7N3S2/c11-7-5-15-9-6(7)1-2-8(13-9)10-12-3-4-14-10/h1-5H,11H2. The second-order valence-electron chi connectivity index (χ2n) is 3.08. The molecule has 0 saturated heterocycles. The minimum Gasteiger partial charge on any atom is -0.398 e. The fourth-order valence-electron chi connectivity index (χ4n) is 1.40. The van der Waals surface area contributed by atoms with E-state index in [4.69, 9.17) is 5.73 Å². The van der Waals surface area contributed by atoms with Crippen LogP contribution in [0.5, 0.6) is 0 Å². The molecular formula is C10H7N3S2. The molecule has 3 aromatic heterocycles. The Balaban J connectivity index is 2.23. The molecule has 3 heterocycles. The summed E-state index contributed by atoms with van der Waals surface area (Å²) in [7, 11) is 0. The van der Waals surface area contributed by atoms with E-state index in [-0.39, 0.29) is 0 Å². The number of anilines is 1. The number of aromatic nitrogens is 2. The Bertz CT molecular complexity index is 598. The number of thiophene rings is 1. The molecule has 0 bridgehead atoms. The molecule has 2 N–H and O–H groups in total. The third-order valence-corrected chi connectivity index (χ3v) is 3.82. The highest BCUT2D eigenvalue weighted by atomic mass is 32.1. The zero-order valence-corrected chi connectivity index (χ0v) is 9.31. The van der Waals surface area contributed by atoms with Gasteiger partial charge in [0.05, 0.1) is 5.69 Å². The quantitative estimate of drug-likeness (QED) is 0.703. The van der Waals surface area contributed by atoms with Crippen LogP contribution in [0, 0.1) is 0 Å². The van der Waals surface area contributed by atoms with Crippen molar-refractivity contribution in [2.45, 2.75) is 0 Å². The van der Waals surface area contributed by atoms with Crippen molar-refractivity contribution in [1.82, 2.24) is 9.97 Å². The largest absolute Gasteiger partial charge is 0.398 e. The molecular weight excluding hydrogens is 226 g/mol. The Morgan fingerprint density at radius 2 is 2.13 bits per heavy atom. The van der Waals surface area contributed by atoms with Gasteiger partial charge in [-0.15, -0.1) is 22.7 Å². The molecule has 3 rings (SSSR count). The van der Waals surface area contributed by atoms with E-state index >= 15 is 0 Å². The number of fused-ring (bicyclic) bond motifs is 1. The molecule has 0 amide bonds. The monoisotopic (exact) mass is 233 g/mol. The fourth-order valence-corrected chi connectivity index (χ4v) is 2.84. The van der Waals surface area contributed by atoms with Gasteiger partial charge < -0.3 is 5.73 Å². The second-order valence-corrected chi connectivity index (χ2v) is 4.83. The molecule has 0 aliphatic heterocycles. The van der Waals surface area contributed by atoms with Crippen molar-refractivity contribution in [3.05, 3.63) is 29.1 Å². The lowest BCUT2D eigenvalue weighted by molar-refractivity contribution is 1.35. The number of nitrogens with zero attached hydrogens (tertiary/aromatic N) is 2. The minimum atomic E-state index is 0.799. The number of hydrogen-bond acceptors (Lipinski definition) is 5. The summed E-state index contributed by atoms with van der Waals surface area (Å²) >= 11 is 3.16. The SMILES string of the molecule is Nc1csc2nc(-c3nccs3)ccc12. The van der Waals surface area contributed by atoms with E-state index in [1.807, 2.05) is 22.9 Å². The van der Waals surface area contributed by atoms with Gasteiger partial charge in [0.15, 0.2) is 0 Å². The summed E-state index contributed by atoms with van der Waals surface area (Å²) in [6.07, 6.45) is 1.79. The summed E-state index contributed by atoms with van der Waals surface area (Å²) in [4.78, 5) is 9.73. The Morgan fingerprint density at radius 3 is 2.93 bits per heavy atom. The average Bonchev–Trinajstić information content (AvgIpc) is 2.88. The van der Waals surface area contributed by atoms with Gasteiger partial charge in [0, 0.05) is 22.3 Å². The van der Waals surface area contributed by atoms with Gasteiger partial charge in [-0.1, -0.05) is 0 Å². The second kappa shape index (κ2) is 3.29. The third-order valence-electron chi connectivity index (χ3n) is 2.12. The maximum absolute atomic E-state index is 5.80. The molecule has 74 valence electrons. The highest BCUT2D eigenvalue weighted by Gasteiger charge is 2.06.